The first-order valence-electron chi connectivity index (χ1n) is 8.55. The predicted molar refractivity (Wildman–Crippen MR) is 98.1 cm³/mol. The van der Waals surface area contributed by atoms with Gasteiger partial charge in [0.05, 0.1) is 11.0 Å². The third kappa shape index (κ3) is 2.33. The fourth-order valence-electron chi connectivity index (χ4n) is 3.50. The van der Waals surface area contributed by atoms with Crippen molar-refractivity contribution in [3.05, 3.63) is 46.6 Å². The SMILES string of the molecule is Cc1ccc(C2=Nn3c(nnc3-c3n[nH]c4c3CCC4)SC2C)cc1. The molecular weight excluding hydrogens is 332 g/mol. The molecule has 0 amide bonds. The summed E-state index contributed by atoms with van der Waals surface area (Å²) in [5.74, 6) is 0.735. The number of aromatic nitrogens is 5. The summed E-state index contributed by atoms with van der Waals surface area (Å²) >= 11 is 1.69. The van der Waals surface area contributed by atoms with Gasteiger partial charge in [-0.2, -0.15) is 14.9 Å². The predicted octanol–water partition coefficient (Wildman–Crippen LogP) is 3.21. The molecule has 0 radical (unpaired) electrons. The molecule has 3 heterocycles. The van der Waals surface area contributed by atoms with Crippen molar-refractivity contribution in [2.45, 2.75) is 43.5 Å². The first kappa shape index (κ1) is 14.9. The van der Waals surface area contributed by atoms with Crippen molar-refractivity contribution >= 4 is 17.5 Å². The van der Waals surface area contributed by atoms with E-state index in [1.165, 1.54) is 23.2 Å². The number of H-pyrrole nitrogens is 1. The summed E-state index contributed by atoms with van der Waals surface area (Å²) in [5.41, 5.74) is 6.83. The van der Waals surface area contributed by atoms with Gasteiger partial charge in [0.2, 0.25) is 11.0 Å². The maximum atomic E-state index is 4.90. The number of fused-ring (bicyclic) bond motifs is 2. The zero-order valence-corrected chi connectivity index (χ0v) is 15.0. The second-order valence-corrected chi connectivity index (χ2v) is 7.92. The largest absolute Gasteiger partial charge is 0.282 e. The molecule has 3 aromatic rings. The Labute approximate surface area is 149 Å². The van der Waals surface area contributed by atoms with E-state index in [9.17, 15) is 0 Å². The summed E-state index contributed by atoms with van der Waals surface area (Å²) in [5, 5.41) is 22.3. The summed E-state index contributed by atoms with van der Waals surface area (Å²) in [7, 11) is 0. The zero-order chi connectivity index (χ0) is 17.0. The highest BCUT2D eigenvalue weighted by atomic mass is 32.2. The molecule has 1 N–H and O–H groups in total. The minimum atomic E-state index is 0.233. The van der Waals surface area contributed by atoms with Crippen LogP contribution in [0, 0.1) is 6.92 Å². The molecule has 0 fully saturated rings. The molecular formula is C18H18N6S. The van der Waals surface area contributed by atoms with Gasteiger partial charge in [-0.25, -0.2) is 0 Å². The maximum Gasteiger partial charge on any atom is 0.213 e. The molecule has 7 heteroatoms. The van der Waals surface area contributed by atoms with E-state index < -0.39 is 0 Å². The Morgan fingerprint density at radius 2 is 2.00 bits per heavy atom. The molecule has 25 heavy (non-hydrogen) atoms. The van der Waals surface area contributed by atoms with Crippen molar-refractivity contribution in [3.8, 4) is 11.5 Å². The first-order valence-corrected chi connectivity index (χ1v) is 9.43. The Morgan fingerprint density at radius 1 is 1.16 bits per heavy atom. The third-order valence-electron chi connectivity index (χ3n) is 4.85. The van der Waals surface area contributed by atoms with Crippen molar-refractivity contribution in [2.24, 2.45) is 5.10 Å². The molecule has 1 atom stereocenters. The lowest BCUT2D eigenvalue weighted by Gasteiger charge is -2.19. The molecule has 1 aromatic carbocycles. The molecule has 5 rings (SSSR count). The first-order chi connectivity index (χ1) is 12.2. The lowest BCUT2D eigenvalue weighted by Crippen LogP contribution is -2.21. The van der Waals surface area contributed by atoms with E-state index >= 15 is 0 Å². The number of thioether (sulfide) groups is 1. The average molecular weight is 350 g/mol. The molecule has 126 valence electrons. The van der Waals surface area contributed by atoms with Gasteiger partial charge >= 0.3 is 0 Å². The number of nitrogens with one attached hydrogen (secondary N) is 1. The Hall–Kier alpha value is -2.41. The minimum Gasteiger partial charge on any atom is -0.282 e. The Balaban J connectivity index is 1.63. The van der Waals surface area contributed by atoms with Gasteiger partial charge in [0.25, 0.3) is 0 Å². The van der Waals surface area contributed by atoms with E-state index in [1.807, 2.05) is 4.68 Å². The van der Waals surface area contributed by atoms with Crippen LogP contribution in [0.4, 0.5) is 0 Å². The second-order valence-electron chi connectivity index (χ2n) is 6.61. The van der Waals surface area contributed by atoms with Gasteiger partial charge < -0.3 is 0 Å². The molecule has 0 saturated heterocycles. The zero-order valence-electron chi connectivity index (χ0n) is 14.2. The molecule has 0 bridgehead atoms. The highest BCUT2D eigenvalue weighted by molar-refractivity contribution is 8.00. The highest BCUT2D eigenvalue weighted by Crippen LogP contribution is 2.35. The van der Waals surface area contributed by atoms with E-state index in [2.05, 4.69) is 58.5 Å². The molecule has 1 unspecified atom stereocenters. The number of aryl methyl sites for hydroxylation is 2. The molecule has 0 spiro atoms. The van der Waals surface area contributed by atoms with E-state index in [0.29, 0.717) is 0 Å². The van der Waals surface area contributed by atoms with Gasteiger partial charge in [-0.1, -0.05) is 41.6 Å². The summed E-state index contributed by atoms with van der Waals surface area (Å²) < 4.78 is 1.86. The Morgan fingerprint density at radius 3 is 2.84 bits per heavy atom. The Kier molecular flexibility index (Phi) is 3.31. The van der Waals surface area contributed by atoms with Crippen LogP contribution in [0.5, 0.6) is 0 Å². The normalized spacial score (nSPS) is 18.8. The van der Waals surface area contributed by atoms with Gasteiger partial charge in [-0.05, 0) is 38.7 Å². The fraction of sp³-hybridized carbons (Fsp3) is 0.333. The third-order valence-corrected chi connectivity index (χ3v) is 5.89. The standard InChI is InChI=1S/C18H18N6S/c1-10-6-8-12(9-7-10)15-11(2)25-18-22-21-17(24(18)23-15)16-13-4-3-5-14(13)19-20-16/h6-9,11H,3-5H2,1-2H3,(H,19,20). The number of benzene rings is 1. The molecule has 1 aliphatic heterocycles. The van der Waals surface area contributed by atoms with Crippen molar-refractivity contribution in [1.82, 2.24) is 25.1 Å². The fourth-order valence-corrected chi connectivity index (χ4v) is 4.43. The summed E-state index contributed by atoms with van der Waals surface area (Å²) in [4.78, 5) is 0. The van der Waals surface area contributed by atoms with Crippen LogP contribution >= 0.6 is 11.8 Å². The van der Waals surface area contributed by atoms with Crippen LogP contribution in [0.15, 0.2) is 34.5 Å². The lowest BCUT2D eigenvalue weighted by molar-refractivity contribution is 0.750. The molecule has 6 nitrogen and oxygen atoms in total. The van der Waals surface area contributed by atoms with Crippen LogP contribution in [0.2, 0.25) is 0 Å². The summed E-state index contributed by atoms with van der Waals surface area (Å²) in [6.45, 7) is 4.26. The smallest absolute Gasteiger partial charge is 0.213 e. The highest BCUT2D eigenvalue weighted by Gasteiger charge is 2.29. The topological polar surface area (TPSA) is 71.8 Å². The monoisotopic (exact) mass is 350 g/mol. The van der Waals surface area contributed by atoms with E-state index in [4.69, 9.17) is 5.10 Å². The van der Waals surface area contributed by atoms with E-state index in [1.54, 1.807) is 11.8 Å². The second kappa shape index (κ2) is 5.56. The number of nitrogens with zero attached hydrogens (tertiary/aromatic N) is 5. The van der Waals surface area contributed by atoms with Gasteiger partial charge in [0, 0.05) is 11.3 Å². The maximum absolute atomic E-state index is 4.90. The molecule has 1 aliphatic carbocycles. The quantitative estimate of drug-likeness (QED) is 0.770. The van der Waals surface area contributed by atoms with E-state index in [-0.39, 0.29) is 5.25 Å². The summed E-state index contributed by atoms with van der Waals surface area (Å²) in [6.07, 6.45) is 3.27. The van der Waals surface area contributed by atoms with Crippen molar-refractivity contribution < 1.29 is 0 Å². The van der Waals surface area contributed by atoms with Crippen LogP contribution in [0.25, 0.3) is 11.5 Å². The van der Waals surface area contributed by atoms with Gasteiger partial charge in [0.15, 0.2) is 0 Å². The van der Waals surface area contributed by atoms with Crippen LogP contribution in [-0.4, -0.2) is 36.0 Å². The van der Waals surface area contributed by atoms with Crippen molar-refractivity contribution in [3.63, 3.8) is 0 Å². The molecule has 0 saturated carbocycles. The van der Waals surface area contributed by atoms with Gasteiger partial charge in [-0.15, -0.1) is 10.2 Å². The van der Waals surface area contributed by atoms with Crippen LogP contribution in [-0.2, 0) is 12.8 Å². The van der Waals surface area contributed by atoms with Crippen LogP contribution < -0.4 is 0 Å². The molecule has 2 aromatic heterocycles. The molecule has 2 aliphatic rings. The number of rotatable bonds is 2. The van der Waals surface area contributed by atoms with Crippen molar-refractivity contribution in [2.75, 3.05) is 0 Å². The lowest BCUT2D eigenvalue weighted by atomic mass is 10.1. The van der Waals surface area contributed by atoms with Crippen LogP contribution in [0.3, 0.4) is 0 Å². The average Bonchev–Trinajstić information content (AvgIpc) is 3.30. The van der Waals surface area contributed by atoms with Crippen LogP contribution in [0.1, 0.15) is 35.7 Å². The minimum absolute atomic E-state index is 0.233. The van der Waals surface area contributed by atoms with E-state index in [0.717, 1.165) is 40.8 Å². The Bertz CT molecular complexity index is 982. The van der Waals surface area contributed by atoms with Gasteiger partial charge in [-0.3, -0.25) is 5.10 Å². The van der Waals surface area contributed by atoms with Crippen molar-refractivity contribution in [1.29, 1.82) is 0 Å². The number of hydrogen-bond acceptors (Lipinski definition) is 5. The number of hydrogen-bond donors (Lipinski definition) is 1. The number of aromatic amines is 1. The summed E-state index contributed by atoms with van der Waals surface area (Å²) in [6, 6.07) is 8.51. The van der Waals surface area contributed by atoms with Gasteiger partial charge in [0.1, 0.15) is 5.69 Å².